The molecule has 2 rings (SSSR count). The van der Waals surface area contributed by atoms with E-state index in [-0.39, 0.29) is 5.91 Å². The Labute approximate surface area is 104 Å². The topological polar surface area (TPSA) is 58.4 Å². The third kappa shape index (κ3) is 2.99. The van der Waals surface area contributed by atoms with Crippen molar-refractivity contribution >= 4 is 5.91 Å². The Morgan fingerprint density at radius 3 is 2.82 bits per heavy atom. The van der Waals surface area contributed by atoms with Crippen LogP contribution in [0.2, 0.25) is 0 Å². The number of hydrogen-bond donors (Lipinski definition) is 2. The highest BCUT2D eigenvalue weighted by molar-refractivity contribution is 5.86. The molecule has 0 radical (unpaired) electrons. The molecule has 0 bridgehead atoms. The molecule has 1 amide bonds. The van der Waals surface area contributed by atoms with E-state index in [9.17, 15) is 4.79 Å². The Morgan fingerprint density at radius 2 is 2.24 bits per heavy atom. The molecule has 1 aliphatic heterocycles. The van der Waals surface area contributed by atoms with Gasteiger partial charge in [-0.15, -0.1) is 0 Å². The fraction of sp³-hybridized carbons (Fsp3) is 0.923. The van der Waals surface area contributed by atoms with Crippen molar-refractivity contribution < 1.29 is 4.79 Å². The Kier molecular flexibility index (Phi) is 3.73. The van der Waals surface area contributed by atoms with E-state index < -0.39 is 5.54 Å². The maximum Gasteiger partial charge on any atom is 0.240 e. The van der Waals surface area contributed by atoms with Gasteiger partial charge in [0.15, 0.2) is 0 Å². The van der Waals surface area contributed by atoms with Crippen LogP contribution in [-0.4, -0.2) is 42.5 Å². The summed E-state index contributed by atoms with van der Waals surface area (Å²) in [6.45, 7) is 4.22. The molecule has 98 valence electrons. The maximum atomic E-state index is 12.3. The molecule has 0 aromatic heterocycles. The third-order valence-electron chi connectivity index (χ3n) is 4.21. The molecule has 3 atom stereocenters. The zero-order valence-electron chi connectivity index (χ0n) is 11.0. The second-order valence-electron chi connectivity index (χ2n) is 6.08. The highest BCUT2D eigenvalue weighted by atomic mass is 16.2. The van der Waals surface area contributed by atoms with E-state index in [0.29, 0.717) is 12.0 Å². The number of nitrogens with zero attached hydrogens (tertiary/aromatic N) is 1. The van der Waals surface area contributed by atoms with Crippen LogP contribution in [0, 0.1) is 5.92 Å². The van der Waals surface area contributed by atoms with Gasteiger partial charge in [0, 0.05) is 12.6 Å². The van der Waals surface area contributed by atoms with Crippen molar-refractivity contribution in [2.45, 2.75) is 50.6 Å². The molecule has 2 fully saturated rings. The summed E-state index contributed by atoms with van der Waals surface area (Å²) in [7, 11) is 2.09. The number of nitrogens with one attached hydrogen (secondary N) is 1. The minimum absolute atomic E-state index is 0.0735. The molecule has 4 heteroatoms. The molecule has 17 heavy (non-hydrogen) atoms. The minimum atomic E-state index is -0.612. The summed E-state index contributed by atoms with van der Waals surface area (Å²) in [4.78, 5) is 14.5. The molecule has 2 aliphatic rings. The van der Waals surface area contributed by atoms with Crippen LogP contribution >= 0.6 is 0 Å². The number of likely N-dealkylation sites (tertiary alicyclic amines) is 1. The monoisotopic (exact) mass is 239 g/mol. The fourth-order valence-electron chi connectivity index (χ4n) is 3.18. The third-order valence-corrected chi connectivity index (χ3v) is 4.21. The second-order valence-corrected chi connectivity index (χ2v) is 6.08. The molecule has 4 nitrogen and oxygen atoms in total. The van der Waals surface area contributed by atoms with Crippen LogP contribution in [-0.2, 0) is 4.79 Å². The predicted molar refractivity (Wildman–Crippen MR) is 68.6 cm³/mol. The fourth-order valence-corrected chi connectivity index (χ4v) is 3.18. The summed E-state index contributed by atoms with van der Waals surface area (Å²) >= 11 is 0. The van der Waals surface area contributed by atoms with Gasteiger partial charge in [0.25, 0.3) is 0 Å². The van der Waals surface area contributed by atoms with Crippen LogP contribution in [0.25, 0.3) is 0 Å². The van der Waals surface area contributed by atoms with E-state index in [0.717, 1.165) is 38.8 Å². The van der Waals surface area contributed by atoms with Crippen molar-refractivity contribution in [3.05, 3.63) is 0 Å². The van der Waals surface area contributed by atoms with E-state index in [1.54, 1.807) is 0 Å². The van der Waals surface area contributed by atoms with Gasteiger partial charge in [0.2, 0.25) is 5.91 Å². The lowest BCUT2D eigenvalue weighted by atomic mass is 9.76. The molecule has 3 N–H and O–H groups in total. The van der Waals surface area contributed by atoms with E-state index in [4.69, 9.17) is 5.73 Å². The molecule has 1 saturated heterocycles. The van der Waals surface area contributed by atoms with Crippen molar-refractivity contribution in [1.82, 2.24) is 10.2 Å². The van der Waals surface area contributed by atoms with Gasteiger partial charge in [-0.2, -0.15) is 0 Å². The number of rotatable bonds is 2. The molecule has 0 spiro atoms. The lowest BCUT2D eigenvalue weighted by Crippen LogP contribution is -2.58. The van der Waals surface area contributed by atoms with Gasteiger partial charge in [0.1, 0.15) is 0 Å². The molecule has 1 aliphatic carbocycles. The maximum absolute atomic E-state index is 12.3. The summed E-state index contributed by atoms with van der Waals surface area (Å²) in [6, 6.07) is 0.296. The first-order chi connectivity index (χ1) is 7.99. The summed E-state index contributed by atoms with van der Waals surface area (Å²) in [5.74, 6) is 0.648. The second kappa shape index (κ2) is 4.94. The molecule has 1 heterocycles. The van der Waals surface area contributed by atoms with Crippen molar-refractivity contribution in [3.63, 3.8) is 0 Å². The Hall–Kier alpha value is -0.610. The standard InChI is InChI=1S/C13H25N3O/c1-10-4-3-6-13(14,8-10)12(17)15-11-5-7-16(2)9-11/h10-11H,3-9,14H2,1-2H3,(H,15,17). The van der Waals surface area contributed by atoms with Crippen LogP contribution in [0.5, 0.6) is 0 Å². The van der Waals surface area contributed by atoms with E-state index in [2.05, 4.69) is 24.2 Å². The SMILES string of the molecule is CC1CCCC(N)(C(=O)NC2CCN(C)C2)C1. The quantitative estimate of drug-likeness (QED) is 0.746. The van der Waals surface area contributed by atoms with E-state index >= 15 is 0 Å². The number of carbonyl (C=O) groups is 1. The average Bonchev–Trinajstić information content (AvgIpc) is 2.63. The summed E-state index contributed by atoms with van der Waals surface area (Å²) < 4.78 is 0. The van der Waals surface area contributed by atoms with E-state index in [1.807, 2.05) is 0 Å². The van der Waals surface area contributed by atoms with Crippen LogP contribution in [0.4, 0.5) is 0 Å². The molecule has 3 unspecified atom stereocenters. The zero-order chi connectivity index (χ0) is 12.5. The van der Waals surface area contributed by atoms with Crippen molar-refractivity contribution in [2.24, 2.45) is 11.7 Å². The molecular formula is C13H25N3O. The summed E-state index contributed by atoms with van der Waals surface area (Å²) in [6.07, 6.45) is 5.01. The average molecular weight is 239 g/mol. The van der Waals surface area contributed by atoms with E-state index in [1.165, 1.54) is 6.42 Å². The first-order valence-electron chi connectivity index (χ1n) is 6.78. The van der Waals surface area contributed by atoms with Gasteiger partial charge in [-0.05, 0) is 38.8 Å². The smallest absolute Gasteiger partial charge is 0.240 e. The van der Waals surface area contributed by atoms with Crippen molar-refractivity contribution in [3.8, 4) is 0 Å². The van der Waals surface area contributed by atoms with Crippen LogP contribution in [0.1, 0.15) is 39.0 Å². The largest absolute Gasteiger partial charge is 0.350 e. The first-order valence-corrected chi connectivity index (χ1v) is 6.78. The van der Waals surface area contributed by atoms with Crippen LogP contribution in [0.15, 0.2) is 0 Å². The minimum Gasteiger partial charge on any atom is -0.350 e. The number of amides is 1. The molecule has 0 aromatic carbocycles. The van der Waals surface area contributed by atoms with Gasteiger partial charge in [0.05, 0.1) is 5.54 Å². The van der Waals surface area contributed by atoms with Gasteiger partial charge in [-0.25, -0.2) is 0 Å². The zero-order valence-corrected chi connectivity index (χ0v) is 11.0. The lowest BCUT2D eigenvalue weighted by molar-refractivity contribution is -0.128. The number of nitrogens with two attached hydrogens (primary N) is 1. The van der Waals surface area contributed by atoms with Gasteiger partial charge < -0.3 is 16.0 Å². The Bertz CT molecular complexity index is 294. The lowest BCUT2D eigenvalue weighted by Gasteiger charge is -2.36. The molecule has 0 aromatic rings. The highest BCUT2D eigenvalue weighted by Crippen LogP contribution is 2.30. The van der Waals surface area contributed by atoms with Gasteiger partial charge in [-0.3, -0.25) is 4.79 Å². The van der Waals surface area contributed by atoms with Crippen molar-refractivity contribution in [2.75, 3.05) is 20.1 Å². The summed E-state index contributed by atoms with van der Waals surface area (Å²) in [5, 5.41) is 3.13. The van der Waals surface area contributed by atoms with Crippen molar-refractivity contribution in [1.29, 1.82) is 0 Å². The molecular weight excluding hydrogens is 214 g/mol. The predicted octanol–water partition coefficient (Wildman–Crippen LogP) is 0.714. The molecule has 1 saturated carbocycles. The number of hydrogen-bond acceptors (Lipinski definition) is 3. The normalized spacial score (nSPS) is 39.2. The first kappa shape index (κ1) is 12.8. The van der Waals surface area contributed by atoms with Crippen LogP contribution in [0.3, 0.4) is 0 Å². The highest BCUT2D eigenvalue weighted by Gasteiger charge is 2.39. The van der Waals surface area contributed by atoms with Crippen LogP contribution < -0.4 is 11.1 Å². The number of carbonyl (C=O) groups excluding carboxylic acids is 1. The Balaban J connectivity index is 1.90. The van der Waals surface area contributed by atoms with Gasteiger partial charge in [-0.1, -0.05) is 19.8 Å². The Morgan fingerprint density at radius 1 is 1.47 bits per heavy atom. The number of likely N-dealkylation sites (N-methyl/N-ethyl adjacent to an activating group) is 1. The summed E-state index contributed by atoms with van der Waals surface area (Å²) in [5.41, 5.74) is 5.67. The van der Waals surface area contributed by atoms with Gasteiger partial charge >= 0.3 is 0 Å².